The summed E-state index contributed by atoms with van der Waals surface area (Å²) in [4.78, 5) is 11.5. The zero-order valence-electron chi connectivity index (χ0n) is 9.55. The highest BCUT2D eigenvalue weighted by molar-refractivity contribution is 5.14. The Bertz CT molecular complexity index is 346. The van der Waals surface area contributed by atoms with Crippen LogP contribution in [0.2, 0.25) is 0 Å². The van der Waals surface area contributed by atoms with Crippen LogP contribution in [0.4, 0.5) is 0 Å². The predicted octanol–water partition coefficient (Wildman–Crippen LogP) is 1.85. The Morgan fingerprint density at radius 3 is 2.67 bits per heavy atom. The summed E-state index contributed by atoms with van der Waals surface area (Å²) in [6.45, 7) is 4.18. The lowest BCUT2D eigenvalue weighted by Crippen LogP contribution is -2.19. The zero-order valence-corrected chi connectivity index (χ0v) is 9.55. The Morgan fingerprint density at radius 1 is 1.20 bits per heavy atom. The average Bonchev–Trinajstić information content (AvgIpc) is 2.26. The van der Waals surface area contributed by atoms with Crippen LogP contribution in [0.25, 0.3) is 0 Å². The zero-order chi connectivity index (χ0) is 11.1. The summed E-state index contributed by atoms with van der Waals surface area (Å²) in [5.41, 5.74) is 1.59. The molecule has 15 heavy (non-hydrogen) atoms. The smallest absolute Gasteiger partial charge is 0.268 e. The number of H-pyrrole nitrogens is 1. The van der Waals surface area contributed by atoms with Gasteiger partial charge in [-0.3, -0.25) is 4.79 Å². The van der Waals surface area contributed by atoms with Gasteiger partial charge in [-0.05, 0) is 19.3 Å². The minimum Gasteiger partial charge on any atom is -0.268 e. The normalized spacial score (nSPS) is 10.5. The number of hydrogen-bond acceptors (Lipinski definition) is 3. The molecule has 0 fully saturated rings. The van der Waals surface area contributed by atoms with Gasteiger partial charge < -0.3 is 0 Å². The van der Waals surface area contributed by atoms with Crippen LogP contribution in [0.1, 0.15) is 50.8 Å². The van der Waals surface area contributed by atoms with Gasteiger partial charge in [-0.25, -0.2) is 5.10 Å². The van der Waals surface area contributed by atoms with Gasteiger partial charge in [0, 0.05) is 5.56 Å². The van der Waals surface area contributed by atoms with E-state index in [-0.39, 0.29) is 5.56 Å². The van der Waals surface area contributed by atoms with Crippen LogP contribution < -0.4 is 5.56 Å². The summed E-state index contributed by atoms with van der Waals surface area (Å²) in [6, 6.07) is 0. The molecule has 0 spiro atoms. The third kappa shape index (κ3) is 3.46. The maximum absolute atomic E-state index is 11.5. The van der Waals surface area contributed by atoms with Crippen LogP contribution in [0.15, 0.2) is 4.79 Å². The number of aromatic amines is 1. The highest BCUT2D eigenvalue weighted by atomic mass is 16.1. The second-order valence-corrected chi connectivity index (χ2v) is 3.73. The molecule has 1 aromatic rings. The second-order valence-electron chi connectivity index (χ2n) is 3.73. The van der Waals surface area contributed by atoms with E-state index in [2.05, 4.69) is 22.3 Å². The molecule has 0 amide bonds. The lowest BCUT2D eigenvalue weighted by molar-refractivity contribution is 0.651. The molecule has 0 saturated carbocycles. The average molecular weight is 209 g/mol. The molecule has 0 aliphatic heterocycles. The molecule has 0 radical (unpaired) electrons. The first kappa shape index (κ1) is 11.9. The Kier molecular flexibility index (Phi) is 5.01. The van der Waals surface area contributed by atoms with Crippen LogP contribution in [0, 0.1) is 0 Å². The van der Waals surface area contributed by atoms with E-state index in [0.29, 0.717) is 0 Å². The van der Waals surface area contributed by atoms with Crippen LogP contribution in [0.5, 0.6) is 0 Å². The van der Waals surface area contributed by atoms with E-state index in [1.165, 1.54) is 19.3 Å². The van der Waals surface area contributed by atoms with Crippen molar-refractivity contribution in [2.45, 2.75) is 52.4 Å². The molecule has 0 aliphatic rings. The van der Waals surface area contributed by atoms with Gasteiger partial charge in [-0.15, -0.1) is 5.10 Å². The third-order valence-corrected chi connectivity index (χ3v) is 2.56. The number of rotatable bonds is 6. The van der Waals surface area contributed by atoms with E-state index >= 15 is 0 Å². The van der Waals surface area contributed by atoms with Crippen LogP contribution >= 0.6 is 0 Å². The molecule has 0 atom stereocenters. The molecule has 1 heterocycles. The predicted molar refractivity (Wildman–Crippen MR) is 59.9 cm³/mol. The van der Waals surface area contributed by atoms with E-state index in [1.807, 2.05) is 6.92 Å². The molecule has 0 saturated heterocycles. The van der Waals surface area contributed by atoms with Gasteiger partial charge in [-0.1, -0.05) is 38.3 Å². The fourth-order valence-corrected chi connectivity index (χ4v) is 1.66. The molecule has 0 aliphatic carbocycles. The number of aryl methyl sites for hydroxylation is 1. The molecule has 1 aromatic heterocycles. The number of nitrogens with one attached hydrogen (secondary N) is 1. The molecule has 0 unspecified atom stereocenters. The number of nitrogens with zero attached hydrogens (tertiary/aromatic N) is 2. The molecule has 84 valence electrons. The lowest BCUT2D eigenvalue weighted by atomic mass is 10.1. The van der Waals surface area contributed by atoms with E-state index < -0.39 is 0 Å². The first-order chi connectivity index (χ1) is 7.29. The Balaban J connectivity index is 2.62. The van der Waals surface area contributed by atoms with Crippen LogP contribution in [-0.4, -0.2) is 15.4 Å². The SMILES string of the molecule is CCCCCCc1c(CC)nn[nH]c1=O. The van der Waals surface area contributed by atoms with Crippen molar-refractivity contribution in [3.8, 4) is 0 Å². The summed E-state index contributed by atoms with van der Waals surface area (Å²) in [6.07, 6.45) is 6.30. The molecular weight excluding hydrogens is 190 g/mol. The maximum Gasteiger partial charge on any atom is 0.270 e. The highest BCUT2D eigenvalue weighted by Crippen LogP contribution is 2.07. The minimum atomic E-state index is -0.0710. The van der Waals surface area contributed by atoms with Crippen molar-refractivity contribution in [2.24, 2.45) is 0 Å². The monoisotopic (exact) mass is 209 g/mol. The van der Waals surface area contributed by atoms with Crippen LogP contribution in [0.3, 0.4) is 0 Å². The van der Waals surface area contributed by atoms with Gasteiger partial charge >= 0.3 is 0 Å². The molecular formula is C11H19N3O. The van der Waals surface area contributed by atoms with Crippen molar-refractivity contribution in [1.29, 1.82) is 0 Å². The summed E-state index contributed by atoms with van der Waals surface area (Å²) < 4.78 is 0. The molecule has 0 bridgehead atoms. The number of hydrogen-bond donors (Lipinski definition) is 1. The Hall–Kier alpha value is -1.19. The quantitative estimate of drug-likeness (QED) is 0.727. The Morgan fingerprint density at radius 2 is 2.00 bits per heavy atom. The first-order valence-electron chi connectivity index (χ1n) is 5.72. The van der Waals surface area contributed by atoms with Crippen molar-refractivity contribution in [1.82, 2.24) is 15.4 Å². The fourth-order valence-electron chi connectivity index (χ4n) is 1.66. The van der Waals surface area contributed by atoms with Crippen molar-refractivity contribution < 1.29 is 0 Å². The van der Waals surface area contributed by atoms with Crippen molar-refractivity contribution in [2.75, 3.05) is 0 Å². The molecule has 4 nitrogen and oxygen atoms in total. The van der Waals surface area contributed by atoms with Gasteiger partial charge in [0.25, 0.3) is 5.56 Å². The van der Waals surface area contributed by atoms with Crippen molar-refractivity contribution >= 4 is 0 Å². The summed E-state index contributed by atoms with van der Waals surface area (Å²) in [7, 11) is 0. The third-order valence-electron chi connectivity index (χ3n) is 2.56. The minimum absolute atomic E-state index is 0.0710. The van der Waals surface area contributed by atoms with E-state index in [0.717, 1.165) is 30.5 Å². The van der Waals surface area contributed by atoms with Gasteiger partial charge in [0.15, 0.2) is 0 Å². The number of aromatic nitrogens is 3. The standard InChI is InChI=1S/C11H19N3O/c1-3-5-6-7-8-9-10(4-2)12-14-13-11(9)15/h3-8H2,1-2H3,(H,12,13,15). The van der Waals surface area contributed by atoms with Crippen molar-refractivity contribution in [3.63, 3.8) is 0 Å². The van der Waals surface area contributed by atoms with Gasteiger partial charge in [0.1, 0.15) is 0 Å². The van der Waals surface area contributed by atoms with Gasteiger partial charge in [0.2, 0.25) is 0 Å². The Labute approximate surface area is 90.1 Å². The number of unbranched alkanes of at least 4 members (excludes halogenated alkanes) is 3. The van der Waals surface area contributed by atoms with E-state index in [4.69, 9.17) is 0 Å². The summed E-state index contributed by atoms with van der Waals surface area (Å²) >= 11 is 0. The van der Waals surface area contributed by atoms with Gasteiger partial charge in [0.05, 0.1) is 5.69 Å². The molecule has 1 rings (SSSR count). The fraction of sp³-hybridized carbons (Fsp3) is 0.727. The topological polar surface area (TPSA) is 58.6 Å². The second kappa shape index (κ2) is 6.32. The lowest BCUT2D eigenvalue weighted by Gasteiger charge is -2.03. The van der Waals surface area contributed by atoms with Crippen molar-refractivity contribution in [3.05, 3.63) is 21.6 Å². The summed E-state index contributed by atoms with van der Waals surface area (Å²) in [5, 5.41) is 9.92. The largest absolute Gasteiger partial charge is 0.270 e. The van der Waals surface area contributed by atoms with Gasteiger partial charge in [-0.2, -0.15) is 0 Å². The maximum atomic E-state index is 11.5. The molecule has 0 aromatic carbocycles. The molecule has 1 N–H and O–H groups in total. The summed E-state index contributed by atoms with van der Waals surface area (Å²) in [5.74, 6) is 0. The van der Waals surface area contributed by atoms with E-state index in [9.17, 15) is 4.79 Å². The first-order valence-corrected chi connectivity index (χ1v) is 5.72. The van der Waals surface area contributed by atoms with Crippen LogP contribution in [-0.2, 0) is 12.8 Å². The molecule has 4 heteroatoms. The highest BCUT2D eigenvalue weighted by Gasteiger charge is 2.06. The van der Waals surface area contributed by atoms with E-state index in [1.54, 1.807) is 0 Å².